The quantitative estimate of drug-likeness (QED) is 0.627. The van der Waals surface area contributed by atoms with E-state index in [0.29, 0.717) is 12.5 Å². The molecular formula is C27H31N5O. The number of amides is 1. The van der Waals surface area contributed by atoms with Gasteiger partial charge in [0.15, 0.2) is 0 Å². The summed E-state index contributed by atoms with van der Waals surface area (Å²) in [4.78, 5) is 27.3. The number of likely N-dealkylation sites (tertiary alicyclic amines) is 1. The van der Waals surface area contributed by atoms with Crippen molar-refractivity contribution in [3.63, 3.8) is 0 Å². The monoisotopic (exact) mass is 441 g/mol. The van der Waals surface area contributed by atoms with E-state index in [2.05, 4.69) is 27.8 Å². The third-order valence-electron chi connectivity index (χ3n) is 7.26. The predicted octanol–water partition coefficient (Wildman–Crippen LogP) is 4.59. The van der Waals surface area contributed by atoms with Crippen molar-refractivity contribution >= 4 is 34.0 Å². The van der Waals surface area contributed by atoms with Crippen LogP contribution in [-0.4, -0.2) is 54.0 Å². The molecule has 2 fully saturated rings. The lowest BCUT2D eigenvalue weighted by atomic mass is 9.71. The minimum absolute atomic E-state index is 0.262. The van der Waals surface area contributed by atoms with Crippen molar-refractivity contribution in [1.82, 2.24) is 14.9 Å². The number of anilines is 2. The molecule has 0 atom stereocenters. The van der Waals surface area contributed by atoms with Gasteiger partial charge in [-0.1, -0.05) is 36.9 Å². The summed E-state index contributed by atoms with van der Waals surface area (Å²) < 4.78 is 0. The van der Waals surface area contributed by atoms with E-state index in [-0.39, 0.29) is 5.41 Å². The average molecular weight is 442 g/mol. The molecule has 1 spiro atoms. The molecule has 3 aromatic rings. The number of carbonyl (C=O) groups is 1. The third kappa shape index (κ3) is 4.06. The summed E-state index contributed by atoms with van der Waals surface area (Å²) in [6, 6.07) is 16.1. The third-order valence-corrected chi connectivity index (χ3v) is 7.26. The van der Waals surface area contributed by atoms with Gasteiger partial charge < -0.3 is 15.1 Å². The van der Waals surface area contributed by atoms with Crippen molar-refractivity contribution in [1.29, 1.82) is 0 Å². The Labute approximate surface area is 195 Å². The van der Waals surface area contributed by atoms with Crippen LogP contribution in [0.3, 0.4) is 0 Å². The van der Waals surface area contributed by atoms with Crippen molar-refractivity contribution in [3.8, 4) is 0 Å². The largest absolute Gasteiger partial charge is 0.388 e. The van der Waals surface area contributed by atoms with Crippen LogP contribution in [0.1, 0.15) is 31.2 Å². The molecule has 1 aromatic heterocycles. The number of benzene rings is 2. The van der Waals surface area contributed by atoms with Crippen LogP contribution in [0.25, 0.3) is 16.6 Å². The zero-order valence-electron chi connectivity index (χ0n) is 19.3. The summed E-state index contributed by atoms with van der Waals surface area (Å²) >= 11 is 0. The van der Waals surface area contributed by atoms with Gasteiger partial charge in [-0.05, 0) is 49.5 Å². The maximum absolute atomic E-state index is 13.7. The molecule has 2 aliphatic heterocycles. The standard InChI is InChI=1S/C27H31N5O/c1-20(21-8-3-4-9-22(21)28-2)19-32-15-7-12-27(26(32)33)13-16-31(17-14-27)25-18-29-23-10-5-6-11-24(23)30-25/h3-6,8-11,18,28H,1,7,12-17,19H2,2H3. The molecule has 33 heavy (non-hydrogen) atoms. The second-order valence-electron chi connectivity index (χ2n) is 9.21. The van der Waals surface area contributed by atoms with E-state index in [0.717, 1.165) is 79.0 Å². The number of nitrogens with zero attached hydrogens (tertiary/aromatic N) is 4. The molecule has 0 aliphatic carbocycles. The second-order valence-corrected chi connectivity index (χ2v) is 9.21. The van der Waals surface area contributed by atoms with E-state index in [1.165, 1.54) is 0 Å². The number of para-hydroxylation sites is 3. The Bertz CT molecular complexity index is 1180. The molecule has 0 saturated carbocycles. The number of hydrogen-bond acceptors (Lipinski definition) is 5. The Morgan fingerprint density at radius 1 is 1.03 bits per heavy atom. The van der Waals surface area contributed by atoms with Crippen LogP contribution in [0.4, 0.5) is 11.5 Å². The zero-order chi connectivity index (χ0) is 22.8. The van der Waals surface area contributed by atoms with Gasteiger partial charge in [-0.3, -0.25) is 9.78 Å². The van der Waals surface area contributed by atoms with E-state index in [4.69, 9.17) is 4.98 Å². The molecule has 2 aliphatic rings. The van der Waals surface area contributed by atoms with Crippen molar-refractivity contribution < 1.29 is 4.79 Å². The van der Waals surface area contributed by atoms with Gasteiger partial charge in [-0.2, -0.15) is 0 Å². The van der Waals surface area contributed by atoms with Crippen molar-refractivity contribution in [2.75, 3.05) is 43.4 Å². The van der Waals surface area contributed by atoms with Crippen LogP contribution in [0, 0.1) is 5.41 Å². The molecule has 3 heterocycles. The van der Waals surface area contributed by atoms with E-state index in [1.54, 1.807) is 0 Å². The number of hydrogen-bond donors (Lipinski definition) is 1. The summed E-state index contributed by atoms with van der Waals surface area (Å²) in [5.74, 6) is 1.20. The lowest BCUT2D eigenvalue weighted by molar-refractivity contribution is -0.147. The first-order chi connectivity index (χ1) is 16.1. The number of fused-ring (bicyclic) bond motifs is 1. The van der Waals surface area contributed by atoms with Gasteiger partial charge in [-0.25, -0.2) is 4.98 Å². The summed E-state index contributed by atoms with van der Waals surface area (Å²) in [6.07, 6.45) is 5.59. The molecule has 5 rings (SSSR count). The zero-order valence-corrected chi connectivity index (χ0v) is 19.3. The van der Waals surface area contributed by atoms with E-state index in [9.17, 15) is 4.79 Å². The van der Waals surface area contributed by atoms with Crippen LogP contribution < -0.4 is 10.2 Å². The predicted molar refractivity (Wildman–Crippen MR) is 134 cm³/mol. The van der Waals surface area contributed by atoms with Gasteiger partial charge in [0, 0.05) is 44.5 Å². The Hall–Kier alpha value is -3.41. The molecule has 0 radical (unpaired) electrons. The highest BCUT2D eigenvalue weighted by atomic mass is 16.2. The normalized spacial score (nSPS) is 18.0. The Morgan fingerprint density at radius 2 is 1.76 bits per heavy atom. The van der Waals surface area contributed by atoms with Crippen LogP contribution in [0.5, 0.6) is 0 Å². The minimum Gasteiger partial charge on any atom is -0.388 e. The van der Waals surface area contributed by atoms with Gasteiger partial charge in [0.2, 0.25) is 5.91 Å². The van der Waals surface area contributed by atoms with Gasteiger partial charge in [0.05, 0.1) is 22.6 Å². The van der Waals surface area contributed by atoms with Crippen molar-refractivity contribution in [2.24, 2.45) is 5.41 Å². The fourth-order valence-electron chi connectivity index (χ4n) is 5.36. The Morgan fingerprint density at radius 3 is 2.55 bits per heavy atom. The molecule has 1 N–H and O–H groups in total. The molecule has 2 saturated heterocycles. The number of carbonyl (C=O) groups excluding carboxylic acids is 1. The summed E-state index contributed by atoms with van der Waals surface area (Å²) in [5, 5.41) is 3.23. The first kappa shape index (κ1) is 21.4. The highest BCUT2D eigenvalue weighted by Gasteiger charge is 2.45. The lowest BCUT2D eigenvalue weighted by Gasteiger charge is -2.46. The van der Waals surface area contributed by atoms with Crippen molar-refractivity contribution in [2.45, 2.75) is 25.7 Å². The van der Waals surface area contributed by atoms with Gasteiger partial charge in [0.25, 0.3) is 0 Å². The molecule has 0 unspecified atom stereocenters. The summed E-state index contributed by atoms with van der Waals surface area (Å²) in [7, 11) is 1.92. The first-order valence-electron chi connectivity index (χ1n) is 11.8. The van der Waals surface area contributed by atoms with Gasteiger partial charge in [-0.15, -0.1) is 0 Å². The summed E-state index contributed by atoms with van der Waals surface area (Å²) in [5.41, 5.74) is 4.67. The molecule has 6 nitrogen and oxygen atoms in total. The Balaban J connectivity index is 1.27. The summed E-state index contributed by atoms with van der Waals surface area (Å²) in [6.45, 7) is 7.36. The average Bonchev–Trinajstić information content (AvgIpc) is 2.87. The van der Waals surface area contributed by atoms with E-state index >= 15 is 0 Å². The molecule has 1 amide bonds. The van der Waals surface area contributed by atoms with Crippen LogP contribution in [0.2, 0.25) is 0 Å². The number of piperidine rings is 2. The van der Waals surface area contributed by atoms with Crippen LogP contribution in [0.15, 0.2) is 61.3 Å². The van der Waals surface area contributed by atoms with Crippen molar-refractivity contribution in [3.05, 3.63) is 66.9 Å². The van der Waals surface area contributed by atoms with E-state index < -0.39 is 0 Å². The molecule has 2 aromatic carbocycles. The molecule has 6 heteroatoms. The minimum atomic E-state index is -0.262. The molecular weight excluding hydrogens is 410 g/mol. The fraction of sp³-hybridized carbons (Fsp3) is 0.370. The smallest absolute Gasteiger partial charge is 0.229 e. The highest BCUT2D eigenvalue weighted by molar-refractivity contribution is 5.86. The maximum atomic E-state index is 13.7. The number of aromatic nitrogens is 2. The fourth-order valence-corrected chi connectivity index (χ4v) is 5.36. The topological polar surface area (TPSA) is 61.4 Å². The highest BCUT2D eigenvalue weighted by Crippen LogP contribution is 2.42. The first-order valence-corrected chi connectivity index (χ1v) is 11.8. The van der Waals surface area contributed by atoms with Crippen LogP contribution >= 0.6 is 0 Å². The molecule has 170 valence electrons. The van der Waals surface area contributed by atoms with Gasteiger partial charge in [0.1, 0.15) is 5.82 Å². The maximum Gasteiger partial charge on any atom is 0.229 e. The van der Waals surface area contributed by atoms with Gasteiger partial charge >= 0.3 is 0 Å². The van der Waals surface area contributed by atoms with Crippen LogP contribution in [-0.2, 0) is 4.79 Å². The van der Waals surface area contributed by atoms with E-state index in [1.807, 2.05) is 60.6 Å². The number of rotatable bonds is 5. The second kappa shape index (κ2) is 8.85. The molecule has 0 bridgehead atoms. The Kier molecular flexibility index (Phi) is 5.75. The number of nitrogens with one attached hydrogen (secondary N) is 1. The lowest BCUT2D eigenvalue weighted by Crippen LogP contribution is -2.54. The SMILES string of the molecule is C=C(CN1CCCC2(CCN(c3cnc4ccccc4n3)CC2)C1=O)c1ccccc1NC.